The minimum Gasteiger partial charge on any atom is -0.493 e. The monoisotopic (exact) mass is 519 g/mol. The lowest BCUT2D eigenvalue weighted by molar-refractivity contribution is -0.144. The van der Waals surface area contributed by atoms with E-state index in [0.717, 1.165) is 23.9 Å². The number of nitrogens with zero attached hydrogens (tertiary/aromatic N) is 1. The lowest BCUT2D eigenvalue weighted by atomic mass is 10.1. The number of ether oxygens (including phenoxy) is 4. The van der Waals surface area contributed by atoms with E-state index in [1.54, 1.807) is 0 Å². The number of rotatable bonds is 6. The molecule has 10 heteroatoms. The van der Waals surface area contributed by atoms with Gasteiger partial charge in [-0.25, -0.2) is 4.79 Å². The summed E-state index contributed by atoms with van der Waals surface area (Å²) >= 11 is 5.57. The zero-order chi connectivity index (χ0) is 26.0. The highest BCUT2D eigenvalue weighted by atomic mass is 32.1. The minimum absolute atomic E-state index is 0.0430. The predicted octanol–water partition coefficient (Wildman–Crippen LogP) is 5.25. The molecule has 0 N–H and O–H groups in total. The van der Waals surface area contributed by atoms with Crippen LogP contribution in [0.15, 0.2) is 54.6 Å². The normalized spacial score (nSPS) is 17.7. The molecule has 0 bridgehead atoms. The highest BCUT2D eigenvalue weighted by molar-refractivity contribution is 7.80. The minimum atomic E-state index is -4.71. The van der Waals surface area contributed by atoms with Gasteiger partial charge in [0.25, 0.3) is 0 Å². The first-order chi connectivity index (χ1) is 17.2. The molecule has 0 saturated carbocycles. The van der Waals surface area contributed by atoms with Crippen molar-refractivity contribution < 1.29 is 36.9 Å². The Morgan fingerprint density at radius 2 is 1.72 bits per heavy atom. The van der Waals surface area contributed by atoms with Crippen LogP contribution >= 0.6 is 12.2 Å². The van der Waals surface area contributed by atoms with Crippen molar-refractivity contribution in [2.45, 2.75) is 24.7 Å². The van der Waals surface area contributed by atoms with Crippen molar-refractivity contribution in [2.75, 3.05) is 27.9 Å². The van der Waals surface area contributed by atoms with Gasteiger partial charge in [0, 0.05) is 12.0 Å². The van der Waals surface area contributed by atoms with Crippen LogP contribution in [0.2, 0.25) is 0 Å². The van der Waals surface area contributed by atoms with Crippen LogP contribution in [0.25, 0.3) is 10.8 Å². The van der Waals surface area contributed by atoms with Crippen LogP contribution < -0.4 is 14.2 Å². The number of benzene rings is 3. The van der Waals surface area contributed by atoms with Gasteiger partial charge in [-0.15, -0.1) is 0 Å². The summed E-state index contributed by atoms with van der Waals surface area (Å²) < 4.78 is 62.5. The Bertz CT molecular complexity index is 1300. The second-order valence-electron chi connectivity index (χ2n) is 8.24. The molecule has 1 saturated heterocycles. The van der Waals surface area contributed by atoms with E-state index in [-0.39, 0.29) is 29.3 Å². The van der Waals surface area contributed by atoms with Gasteiger partial charge in [-0.3, -0.25) is 0 Å². The molecule has 1 aliphatic rings. The summed E-state index contributed by atoms with van der Waals surface area (Å²) in [5.41, 5.74) is -0.963. The van der Waals surface area contributed by atoms with E-state index in [0.29, 0.717) is 5.75 Å². The van der Waals surface area contributed by atoms with E-state index in [9.17, 15) is 18.0 Å². The first-order valence-electron chi connectivity index (χ1n) is 11.0. The number of fused-ring (bicyclic) bond motifs is 1. The molecule has 3 aromatic carbocycles. The van der Waals surface area contributed by atoms with E-state index in [2.05, 4.69) is 0 Å². The zero-order valence-electron chi connectivity index (χ0n) is 19.8. The zero-order valence-corrected chi connectivity index (χ0v) is 20.6. The summed E-state index contributed by atoms with van der Waals surface area (Å²) in [7, 11) is 3.62. The smallest absolute Gasteiger partial charge is 0.420 e. The van der Waals surface area contributed by atoms with Gasteiger partial charge in [0.1, 0.15) is 28.4 Å². The van der Waals surface area contributed by atoms with E-state index in [1.807, 2.05) is 42.5 Å². The standard InChI is InChI=1S/C26H24F3NO5S/c1-32-22-12-17(11-20(23(22)33-2)26(27,28)29)24(36)30-14-19(13-21(30)25(31)34-3)35-18-9-8-15-6-4-5-7-16(15)10-18/h4-12,19,21H,13-14H2,1-3H3/t19-,21+/m0/s1. The predicted molar refractivity (Wildman–Crippen MR) is 132 cm³/mol. The Balaban J connectivity index is 1.64. The second kappa shape index (κ2) is 10.2. The fraction of sp³-hybridized carbons (Fsp3) is 0.308. The molecular formula is C26H24F3NO5S. The Morgan fingerprint density at radius 3 is 2.36 bits per heavy atom. The van der Waals surface area contributed by atoms with Crippen LogP contribution in [-0.2, 0) is 15.7 Å². The van der Waals surface area contributed by atoms with Crippen LogP contribution in [0.3, 0.4) is 0 Å². The summed E-state index contributed by atoms with van der Waals surface area (Å²) in [6.07, 6.45) is -4.91. The number of esters is 1. The van der Waals surface area contributed by atoms with Crippen LogP contribution in [0.1, 0.15) is 17.5 Å². The number of halogens is 3. The Morgan fingerprint density at radius 1 is 1.00 bits per heavy atom. The molecule has 0 unspecified atom stereocenters. The summed E-state index contributed by atoms with van der Waals surface area (Å²) in [6.45, 7) is 0.182. The quantitative estimate of drug-likeness (QED) is 0.326. The molecule has 1 aliphatic heterocycles. The summed E-state index contributed by atoms with van der Waals surface area (Å²) in [5.74, 6) is -0.513. The van der Waals surface area contributed by atoms with Gasteiger partial charge in [0.05, 0.1) is 27.9 Å². The largest absolute Gasteiger partial charge is 0.493 e. The molecule has 3 aromatic rings. The lowest BCUT2D eigenvalue weighted by Crippen LogP contribution is -2.41. The van der Waals surface area contributed by atoms with Crippen molar-refractivity contribution in [1.82, 2.24) is 4.90 Å². The van der Waals surface area contributed by atoms with Gasteiger partial charge in [-0.2, -0.15) is 13.2 Å². The maximum atomic E-state index is 13.8. The topological polar surface area (TPSA) is 57.2 Å². The molecule has 0 amide bonds. The number of alkyl halides is 3. The molecule has 0 spiro atoms. The van der Waals surface area contributed by atoms with Gasteiger partial charge < -0.3 is 23.8 Å². The number of thiocarbonyl (C=S) groups is 1. The van der Waals surface area contributed by atoms with Crippen molar-refractivity contribution in [3.8, 4) is 17.2 Å². The van der Waals surface area contributed by atoms with Crippen molar-refractivity contribution in [1.29, 1.82) is 0 Å². The summed E-state index contributed by atoms with van der Waals surface area (Å²) in [6, 6.07) is 14.9. The second-order valence-corrected chi connectivity index (χ2v) is 8.62. The highest BCUT2D eigenvalue weighted by Gasteiger charge is 2.42. The van der Waals surface area contributed by atoms with E-state index < -0.39 is 35.6 Å². The first kappa shape index (κ1) is 25.6. The van der Waals surface area contributed by atoms with Crippen molar-refractivity contribution in [2.24, 2.45) is 0 Å². The van der Waals surface area contributed by atoms with Gasteiger partial charge in [0.15, 0.2) is 11.5 Å². The maximum absolute atomic E-state index is 13.8. The Labute approximate surface area is 211 Å². The molecule has 6 nitrogen and oxygen atoms in total. The third kappa shape index (κ3) is 5.04. The fourth-order valence-corrected chi connectivity index (χ4v) is 4.68. The average molecular weight is 520 g/mol. The van der Waals surface area contributed by atoms with Crippen molar-refractivity contribution in [3.05, 3.63) is 65.7 Å². The number of carbonyl (C=O) groups excluding carboxylic acids is 1. The van der Waals surface area contributed by atoms with Gasteiger partial charge in [-0.1, -0.05) is 42.5 Å². The highest BCUT2D eigenvalue weighted by Crippen LogP contribution is 2.43. The molecule has 4 rings (SSSR count). The number of likely N-dealkylation sites (tertiary alicyclic amines) is 1. The number of hydrogen-bond acceptors (Lipinski definition) is 6. The van der Waals surface area contributed by atoms with E-state index >= 15 is 0 Å². The van der Waals surface area contributed by atoms with Crippen LogP contribution in [-0.4, -0.2) is 55.9 Å². The SMILES string of the molecule is COC(=O)[C@H]1C[C@H](Oc2ccc3ccccc3c2)CN1C(=S)c1cc(OC)c(OC)c(C(F)(F)F)c1. The average Bonchev–Trinajstić information content (AvgIpc) is 3.29. The van der Waals surface area contributed by atoms with Gasteiger partial charge >= 0.3 is 12.1 Å². The van der Waals surface area contributed by atoms with Crippen molar-refractivity contribution in [3.63, 3.8) is 0 Å². The molecule has 0 aromatic heterocycles. The molecular weight excluding hydrogens is 495 g/mol. The van der Waals surface area contributed by atoms with Crippen LogP contribution in [0.5, 0.6) is 17.2 Å². The molecule has 190 valence electrons. The Hall–Kier alpha value is -3.53. The molecule has 0 aliphatic carbocycles. The van der Waals surface area contributed by atoms with E-state index in [1.165, 1.54) is 25.2 Å². The third-order valence-electron chi connectivity index (χ3n) is 6.05. The fourth-order valence-electron chi connectivity index (χ4n) is 4.36. The third-order valence-corrected chi connectivity index (χ3v) is 6.52. The number of methoxy groups -OCH3 is 3. The lowest BCUT2D eigenvalue weighted by Gasteiger charge is -2.26. The number of hydrogen-bond donors (Lipinski definition) is 0. The number of carbonyl (C=O) groups is 1. The van der Waals surface area contributed by atoms with Crippen molar-refractivity contribution >= 4 is 33.9 Å². The van der Waals surface area contributed by atoms with Crippen LogP contribution in [0, 0.1) is 0 Å². The molecule has 0 radical (unpaired) electrons. The molecule has 2 atom stereocenters. The van der Waals surface area contributed by atoms with E-state index in [4.69, 9.17) is 31.2 Å². The van der Waals surface area contributed by atoms with Gasteiger partial charge in [0.2, 0.25) is 0 Å². The molecule has 1 heterocycles. The molecule has 1 fully saturated rings. The summed E-state index contributed by atoms with van der Waals surface area (Å²) in [4.78, 5) is 14.2. The molecule has 36 heavy (non-hydrogen) atoms. The van der Waals surface area contributed by atoms with Gasteiger partial charge in [-0.05, 0) is 35.0 Å². The first-order valence-corrected chi connectivity index (χ1v) is 11.4. The maximum Gasteiger partial charge on any atom is 0.420 e. The summed E-state index contributed by atoms with van der Waals surface area (Å²) in [5, 5.41) is 2.05. The Kier molecular flexibility index (Phi) is 7.26. The van der Waals surface area contributed by atoms with Crippen LogP contribution in [0.4, 0.5) is 13.2 Å².